The van der Waals surface area contributed by atoms with Crippen molar-refractivity contribution in [3.05, 3.63) is 22.8 Å². The number of nitrogen functional groups attached to an aromatic ring is 1. The zero-order valence-electron chi connectivity index (χ0n) is 10.2. The maximum absolute atomic E-state index is 7.37. The minimum absolute atomic E-state index is 0.0443. The van der Waals surface area contributed by atoms with Crippen molar-refractivity contribution in [1.82, 2.24) is 9.88 Å². The summed E-state index contributed by atoms with van der Waals surface area (Å²) in [5.74, 6) is 0.219. The second kappa shape index (κ2) is 5.84. The van der Waals surface area contributed by atoms with E-state index in [0.29, 0.717) is 11.4 Å². The van der Waals surface area contributed by atoms with Crippen LogP contribution in [0.25, 0.3) is 0 Å². The molecule has 0 aliphatic rings. The first-order valence-electron chi connectivity index (χ1n) is 5.22. The third-order valence-electron chi connectivity index (χ3n) is 2.08. The molecule has 5 nitrogen and oxygen atoms in total. The molecule has 3 N–H and O–H groups in total. The molecule has 0 fully saturated rings. The van der Waals surface area contributed by atoms with Gasteiger partial charge in [-0.1, -0.05) is 11.6 Å². The number of aromatic nitrogens is 1. The summed E-state index contributed by atoms with van der Waals surface area (Å²) < 4.78 is 5.61. The lowest BCUT2D eigenvalue weighted by Gasteiger charge is -2.19. The molecule has 0 saturated carbocycles. The maximum atomic E-state index is 7.37. The zero-order valence-corrected chi connectivity index (χ0v) is 11.0. The van der Waals surface area contributed by atoms with Crippen LogP contribution in [-0.4, -0.2) is 42.5 Å². The smallest absolute Gasteiger partial charge is 0.233 e. The summed E-state index contributed by atoms with van der Waals surface area (Å²) in [6.45, 7) is 2.68. The molecule has 0 bridgehead atoms. The van der Waals surface area contributed by atoms with Crippen molar-refractivity contribution < 1.29 is 4.74 Å². The topological polar surface area (TPSA) is 75.2 Å². The Morgan fingerprint density at radius 3 is 2.82 bits per heavy atom. The molecule has 94 valence electrons. The van der Waals surface area contributed by atoms with Crippen molar-refractivity contribution in [3.63, 3.8) is 0 Å². The lowest BCUT2D eigenvalue weighted by Crippen LogP contribution is -2.28. The van der Waals surface area contributed by atoms with Crippen LogP contribution in [0.4, 0.5) is 0 Å². The van der Waals surface area contributed by atoms with E-state index >= 15 is 0 Å². The predicted octanol–water partition coefficient (Wildman–Crippen LogP) is 1.35. The maximum Gasteiger partial charge on any atom is 0.233 e. The van der Waals surface area contributed by atoms with Crippen LogP contribution in [0.2, 0.25) is 5.02 Å². The van der Waals surface area contributed by atoms with Gasteiger partial charge in [0.15, 0.2) is 0 Å². The molecule has 1 aromatic rings. The number of halogens is 1. The van der Waals surface area contributed by atoms with E-state index in [1.807, 2.05) is 25.9 Å². The highest BCUT2D eigenvalue weighted by atomic mass is 35.5. The molecule has 0 aliphatic carbocycles. The number of pyridine rings is 1. The SMILES string of the molecule is CC(CN(C)C)Oc1nccc(C(=N)N)c1Cl. The van der Waals surface area contributed by atoms with Crippen LogP contribution in [0, 0.1) is 5.41 Å². The first-order valence-corrected chi connectivity index (χ1v) is 5.60. The fraction of sp³-hybridized carbons (Fsp3) is 0.455. The van der Waals surface area contributed by atoms with E-state index in [1.54, 1.807) is 6.07 Å². The van der Waals surface area contributed by atoms with Crippen molar-refractivity contribution in [3.8, 4) is 5.88 Å². The number of ether oxygens (including phenoxy) is 1. The Morgan fingerprint density at radius 2 is 2.29 bits per heavy atom. The fourth-order valence-electron chi connectivity index (χ4n) is 1.46. The minimum atomic E-state index is -0.0949. The first kappa shape index (κ1) is 13.7. The van der Waals surface area contributed by atoms with Crippen LogP contribution in [0.15, 0.2) is 12.3 Å². The first-order chi connectivity index (χ1) is 7.91. The molecule has 6 heteroatoms. The Hall–Kier alpha value is -1.33. The second-order valence-electron chi connectivity index (χ2n) is 4.08. The number of amidine groups is 1. The van der Waals surface area contributed by atoms with Gasteiger partial charge in [0.1, 0.15) is 17.0 Å². The van der Waals surface area contributed by atoms with Crippen LogP contribution in [0.5, 0.6) is 5.88 Å². The Morgan fingerprint density at radius 1 is 1.65 bits per heavy atom. The number of hydrogen-bond donors (Lipinski definition) is 2. The largest absolute Gasteiger partial charge is 0.472 e. The number of nitrogens with two attached hydrogens (primary N) is 1. The van der Waals surface area contributed by atoms with E-state index in [0.717, 1.165) is 6.54 Å². The summed E-state index contributed by atoms with van der Waals surface area (Å²) in [4.78, 5) is 6.05. The molecular weight excluding hydrogens is 240 g/mol. The van der Waals surface area contributed by atoms with Crippen LogP contribution in [0.3, 0.4) is 0 Å². The summed E-state index contributed by atoms with van der Waals surface area (Å²) in [6.07, 6.45) is 1.48. The van der Waals surface area contributed by atoms with Crippen LogP contribution in [-0.2, 0) is 0 Å². The Labute approximate surface area is 106 Å². The number of nitrogens with one attached hydrogen (secondary N) is 1. The van der Waals surface area contributed by atoms with Gasteiger partial charge in [0.25, 0.3) is 0 Å². The van der Waals surface area contributed by atoms with Crippen LogP contribution >= 0.6 is 11.6 Å². The van der Waals surface area contributed by atoms with E-state index in [9.17, 15) is 0 Å². The lowest BCUT2D eigenvalue weighted by molar-refractivity contribution is 0.170. The number of nitrogens with zero attached hydrogens (tertiary/aromatic N) is 2. The highest BCUT2D eigenvalue weighted by Crippen LogP contribution is 2.26. The average molecular weight is 257 g/mol. The summed E-state index contributed by atoms with van der Waals surface area (Å²) >= 11 is 6.06. The molecule has 0 aromatic carbocycles. The van der Waals surface area contributed by atoms with Crippen molar-refractivity contribution >= 4 is 17.4 Å². The Kier molecular flexibility index (Phi) is 4.72. The van der Waals surface area contributed by atoms with Gasteiger partial charge >= 0.3 is 0 Å². The van der Waals surface area contributed by atoms with E-state index in [-0.39, 0.29) is 17.0 Å². The van der Waals surface area contributed by atoms with Gasteiger partial charge < -0.3 is 15.4 Å². The second-order valence-corrected chi connectivity index (χ2v) is 4.46. The molecule has 0 amide bonds. The quantitative estimate of drug-likeness (QED) is 0.616. The van der Waals surface area contributed by atoms with Crippen LogP contribution < -0.4 is 10.5 Å². The lowest BCUT2D eigenvalue weighted by atomic mass is 10.2. The third-order valence-corrected chi connectivity index (χ3v) is 2.45. The van der Waals surface area contributed by atoms with Gasteiger partial charge in [-0.2, -0.15) is 0 Å². The highest BCUT2D eigenvalue weighted by Gasteiger charge is 2.14. The molecule has 1 rings (SSSR count). The Bertz CT molecular complexity index is 408. The normalized spacial score (nSPS) is 12.5. The van der Waals surface area contributed by atoms with Gasteiger partial charge in [0, 0.05) is 18.3 Å². The zero-order chi connectivity index (χ0) is 13.0. The summed E-state index contributed by atoms with van der Waals surface area (Å²) in [5, 5.41) is 7.65. The van der Waals surface area contributed by atoms with Crippen molar-refractivity contribution in [2.45, 2.75) is 13.0 Å². The van der Waals surface area contributed by atoms with Crippen molar-refractivity contribution in [2.24, 2.45) is 5.73 Å². The summed E-state index contributed by atoms with van der Waals surface area (Å²) in [6, 6.07) is 1.59. The van der Waals surface area contributed by atoms with Gasteiger partial charge in [-0.25, -0.2) is 4.98 Å². The van der Waals surface area contributed by atoms with E-state index in [4.69, 9.17) is 27.5 Å². The van der Waals surface area contributed by atoms with Crippen molar-refractivity contribution in [2.75, 3.05) is 20.6 Å². The molecule has 1 heterocycles. The molecule has 1 aromatic heterocycles. The number of hydrogen-bond acceptors (Lipinski definition) is 4. The molecule has 0 saturated heterocycles. The molecule has 0 spiro atoms. The predicted molar refractivity (Wildman–Crippen MR) is 68.9 cm³/mol. The minimum Gasteiger partial charge on any atom is -0.472 e. The van der Waals surface area contributed by atoms with E-state index in [1.165, 1.54) is 6.20 Å². The van der Waals surface area contributed by atoms with E-state index < -0.39 is 0 Å². The Balaban J connectivity index is 2.85. The van der Waals surface area contributed by atoms with Gasteiger partial charge in [0.2, 0.25) is 5.88 Å². The van der Waals surface area contributed by atoms with Crippen molar-refractivity contribution in [1.29, 1.82) is 5.41 Å². The van der Waals surface area contributed by atoms with Gasteiger partial charge in [-0.05, 0) is 27.1 Å². The summed E-state index contributed by atoms with van der Waals surface area (Å²) in [5.41, 5.74) is 5.84. The van der Waals surface area contributed by atoms with E-state index in [2.05, 4.69) is 4.98 Å². The molecule has 1 atom stereocenters. The third kappa shape index (κ3) is 3.87. The average Bonchev–Trinajstić information content (AvgIpc) is 2.19. The standard InChI is InChI=1S/C11H17ClN4O/c1-7(6-16(2)3)17-11-9(12)8(10(13)14)4-5-15-11/h4-5,7H,6H2,1-3H3,(H3,13,14). The molecular formula is C11H17ClN4O. The van der Waals surface area contributed by atoms with Crippen LogP contribution in [0.1, 0.15) is 12.5 Å². The van der Waals surface area contributed by atoms with Gasteiger partial charge in [0.05, 0.1) is 0 Å². The molecule has 0 radical (unpaired) electrons. The molecule has 0 aliphatic heterocycles. The highest BCUT2D eigenvalue weighted by molar-refractivity contribution is 6.35. The monoisotopic (exact) mass is 256 g/mol. The van der Waals surface area contributed by atoms with Gasteiger partial charge in [-0.3, -0.25) is 5.41 Å². The fourth-order valence-corrected chi connectivity index (χ4v) is 1.71. The van der Waals surface area contributed by atoms with Gasteiger partial charge in [-0.15, -0.1) is 0 Å². The molecule has 17 heavy (non-hydrogen) atoms. The summed E-state index contributed by atoms with van der Waals surface area (Å²) in [7, 11) is 3.92. The number of likely N-dealkylation sites (N-methyl/N-ethyl adjacent to an activating group) is 1. The number of rotatable bonds is 5. The molecule has 1 unspecified atom stereocenters.